The molecule has 0 unspecified atom stereocenters. The standard InChI is InChI=1S/C9H11N3O/c1-7(12(2)3)9(13)8-6-10-4-5-11-8/h4-6H,1H2,2-3H3. The lowest BCUT2D eigenvalue weighted by Crippen LogP contribution is -2.19. The lowest BCUT2D eigenvalue weighted by Gasteiger charge is -2.13. The van der Waals surface area contributed by atoms with Gasteiger partial charge in [-0.2, -0.15) is 0 Å². The minimum Gasteiger partial charge on any atom is -0.375 e. The molecule has 0 aliphatic rings. The molecule has 1 aromatic heterocycles. The molecule has 0 N–H and O–H groups in total. The number of likely N-dealkylation sites (N-methyl/N-ethyl adjacent to an activating group) is 1. The van der Waals surface area contributed by atoms with Crippen molar-refractivity contribution in [2.75, 3.05) is 14.1 Å². The Labute approximate surface area is 76.9 Å². The van der Waals surface area contributed by atoms with E-state index in [1.54, 1.807) is 19.0 Å². The highest BCUT2D eigenvalue weighted by Gasteiger charge is 2.12. The number of carbonyl (C=O) groups is 1. The lowest BCUT2D eigenvalue weighted by atomic mass is 10.2. The summed E-state index contributed by atoms with van der Waals surface area (Å²) in [6.07, 6.45) is 4.43. The van der Waals surface area contributed by atoms with Gasteiger partial charge in [-0.1, -0.05) is 6.58 Å². The van der Waals surface area contributed by atoms with E-state index in [2.05, 4.69) is 16.5 Å². The molecular formula is C9H11N3O. The van der Waals surface area contributed by atoms with Gasteiger partial charge in [-0.3, -0.25) is 9.78 Å². The van der Waals surface area contributed by atoms with Crippen molar-refractivity contribution in [1.29, 1.82) is 0 Å². The summed E-state index contributed by atoms with van der Waals surface area (Å²) in [5, 5.41) is 0. The fourth-order valence-corrected chi connectivity index (χ4v) is 0.767. The van der Waals surface area contributed by atoms with Gasteiger partial charge in [-0.05, 0) is 0 Å². The third-order valence-electron chi connectivity index (χ3n) is 1.60. The van der Waals surface area contributed by atoms with Gasteiger partial charge in [0.1, 0.15) is 5.69 Å². The van der Waals surface area contributed by atoms with Crippen LogP contribution >= 0.6 is 0 Å². The molecule has 0 spiro atoms. The predicted octanol–water partition coefficient (Wildman–Crippen LogP) is 0.735. The zero-order valence-electron chi connectivity index (χ0n) is 7.69. The summed E-state index contributed by atoms with van der Waals surface area (Å²) in [6, 6.07) is 0. The van der Waals surface area contributed by atoms with E-state index < -0.39 is 0 Å². The van der Waals surface area contributed by atoms with E-state index in [0.717, 1.165) is 0 Å². The second kappa shape index (κ2) is 3.80. The van der Waals surface area contributed by atoms with Gasteiger partial charge in [0.2, 0.25) is 5.78 Å². The molecule has 0 amide bonds. The number of rotatable bonds is 3. The molecule has 4 nitrogen and oxygen atoms in total. The molecular weight excluding hydrogens is 166 g/mol. The quantitative estimate of drug-likeness (QED) is 0.504. The topological polar surface area (TPSA) is 46.1 Å². The maximum absolute atomic E-state index is 11.5. The van der Waals surface area contributed by atoms with Crippen LogP contribution in [0.2, 0.25) is 0 Å². The first-order valence-electron chi connectivity index (χ1n) is 3.80. The van der Waals surface area contributed by atoms with E-state index in [1.165, 1.54) is 18.6 Å². The van der Waals surface area contributed by atoms with Crippen LogP contribution in [0.1, 0.15) is 10.5 Å². The van der Waals surface area contributed by atoms with E-state index in [1.807, 2.05) is 0 Å². The number of Topliss-reactive ketones (excluding diaryl/α,β-unsaturated/α-hetero) is 1. The van der Waals surface area contributed by atoms with Crippen LogP contribution in [0.3, 0.4) is 0 Å². The molecule has 1 heterocycles. The molecule has 0 saturated heterocycles. The first-order chi connectivity index (χ1) is 6.13. The van der Waals surface area contributed by atoms with Crippen LogP contribution in [0.4, 0.5) is 0 Å². The van der Waals surface area contributed by atoms with E-state index >= 15 is 0 Å². The highest BCUT2D eigenvalue weighted by molar-refractivity contribution is 6.06. The molecule has 68 valence electrons. The van der Waals surface area contributed by atoms with Gasteiger partial charge < -0.3 is 4.90 Å². The van der Waals surface area contributed by atoms with Crippen LogP contribution in [0.25, 0.3) is 0 Å². The number of carbonyl (C=O) groups excluding carboxylic acids is 1. The van der Waals surface area contributed by atoms with E-state index in [9.17, 15) is 4.79 Å². The summed E-state index contributed by atoms with van der Waals surface area (Å²) >= 11 is 0. The summed E-state index contributed by atoms with van der Waals surface area (Å²) in [7, 11) is 3.52. The molecule has 0 aliphatic carbocycles. The number of aromatic nitrogens is 2. The Bertz CT molecular complexity index is 319. The minimum absolute atomic E-state index is 0.196. The second-order valence-corrected chi connectivity index (χ2v) is 2.76. The summed E-state index contributed by atoms with van der Waals surface area (Å²) < 4.78 is 0. The number of hydrogen-bond donors (Lipinski definition) is 0. The smallest absolute Gasteiger partial charge is 0.228 e. The van der Waals surface area contributed by atoms with Gasteiger partial charge in [0.05, 0.1) is 11.9 Å². The van der Waals surface area contributed by atoms with Gasteiger partial charge in [-0.25, -0.2) is 4.98 Å². The van der Waals surface area contributed by atoms with Crippen LogP contribution in [0.15, 0.2) is 30.9 Å². The van der Waals surface area contributed by atoms with Gasteiger partial charge in [0, 0.05) is 26.5 Å². The van der Waals surface area contributed by atoms with Crippen molar-refractivity contribution in [3.63, 3.8) is 0 Å². The summed E-state index contributed by atoms with van der Waals surface area (Å²) in [5.41, 5.74) is 0.724. The molecule has 1 rings (SSSR count). The molecule has 13 heavy (non-hydrogen) atoms. The number of hydrogen-bond acceptors (Lipinski definition) is 4. The Morgan fingerprint density at radius 2 is 2.15 bits per heavy atom. The normalized spacial score (nSPS) is 9.38. The van der Waals surface area contributed by atoms with Crippen molar-refractivity contribution in [3.05, 3.63) is 36.6 Å². The molecule has 0 fully saturated rings. The molecule has 0 bridgehead atoms. The second-order valence-electron chi connectivity index (χ2n) is 2.76. The first-order valence-corrected chi connectivity index (χ1v) is 3.80. The summed E-state index contributed by atoms with van der Waals surface area (Å²) in [5.74, 6) is -0.196. The van der Waals surface area contributed by atoms with Crippen LogP contribution in [0.5, 0.6) is 0 Å². The first kappa shape index (κ1) is 9.38. The van der Waals surface area contributed by atoms with E-state index in [4.69, 9.17) is 0 Å². The monoisotopic (exact) mass is 177 g/mol. The lowest BCUT2D eigenvalue weighted by molar-refractivity contribution is 0.1000. The SMILES string of the molecule is C=C(C(=O)c1cnccn1)N(C)C. The van der Waals surface area contributed by atoms with Gasteiger partial charge in [0.15, 0.2) is 0 Å². The van der Waals surface area contributed by atoms with Crippen LogP contribution < -0.4 is 0 Å². The molecule has 1 aromatic rings. The van der Waals surface area contributed by atoms with Crippen molar-refractivity contribution in [3.8, 4) is 0 Å². The average Bonchev–Trinajstić information content (AvgIpc) is 2.17. The highest BCUT2D eigenvalue weighted by Crippen LogP contribution is 2.03. The minimum atomic E-state index is -0.196. The fraction of sp³-hybridized carbons (Fsp3) is 0.222. The Kier molecular flexibility index (Phi) is 2.74. The molecule has 0 aromatic carbocycles. The van der Waals surface area contributed by atoms with Gasteiger partial charge >= 0.3 is 0 Å². The van der Waals surface area contributed by atoms with Crippen molar-refractivity contribution in [2.24, 2.45) is 0 Å². The molecule has 0 saturated carbocycles. The van der Waals surface area contributed by atoms with Crippen molar-refractivity contribution in [2.45, 2.75) is 0 Å². The Morgan fingerprint density at radius 3 is 2.62 bits per heavy atom. The maximum Gasteiger partial charge on any atom is 0.228 e. The number of allylic oxidation sites excluding steroid dienone is 1. The fourth-order valence-electron chi connectivity index (χ4n) is 0.767. The summed E-state index contributed by atoms with van der Waals surface area (Å²) in [6.45, 7) is 3.64. The molecule has 0 aliphatic heterocycles. The molecule has 4 heteroatoms. The molecule has 0 radical (unpaired) electrons. The maximum atomic E-state index is 11.5. The third kappa shape index (κ3) is 2.11. The van der Waals surface area contributed by atoms with Crippen molar-refractivity contribution in [1.82, 2.24) is 14.9 Å². The van der Waals surface area contributed by atoms with Crippen LogP contribution in [-0.2, 0) is 0 Å². The van der Waals surface area contributed by atoms with E-state index in [0.29, 0.717) is 11.4 Å². The zero-order valence-corrected chi connectivity index (χ0v) is 7.69. The van der Waals surface area contributed by atoms with Crippen LogP contribution in [0, 0.1) is 0 Å². The Morgan fingerprint density at radius 1 is 1.46 bits per heavy atom. The van der Waals surface area contributed by atoms with Crippen LogP contribution in [-0.4, -0.2) is 34.7 Å². The Balaban J connectivity index is 2.87. The number of ketones is 1. The highest BCUT2D eigenvalue weighted by atomic mass is 16.1. The summed E-state index contributed by atoms with van der Waals surface area (Å²) in [4.78, 5) is 20.9. The zero-order chi connectivity index (χ0) is 9.84. The van der Waals surface area contributed by atoms with Crippen molar-refractivity contribution < 1.29 is 4.79 Å². The van der Waals surface area contributed by atoms with Gasteiger partial charge in [0.25, 0.3) is 0 Å². The molecule has 0 atom stereocenters. The Hall–Kier alpha value is -1.71. The largest absolute Gasteiger partial charge is 0.375 e. The predicted molar refractivity (Wildman–Crippen MR) is 49.2 cm³/mol. The third-order valence-corrected chi connectivity index (χ3v) is 1.60. The average molecular weight is 177 g/mol. The number of nitrogens with zero attached hydrogens (tertiary/aromatic N) is 3. The van der Waals surface area contributed by atoms with Gasteiger partial charge in [-0.15, -0.1) is 0 Å². The van der Waals surface area contributed by atoms with Crippen molar-refractivity contribution >= 4 is 5.78 Å². The van der Waals surface area contributed by atoms with E-state index in [-0.39, 0.29) is 5.78 Å².